The molecular weight excluding hydrogens is 189 g/mol. The molecule has 1 aromatic rings. The number of hydrogen-bond donors (Lipinski definition) is 1. The first-order chi connectivity index (χ1) is 6.27. The minimum absolute atomic E-state index is 0.152. The second-order valence-electron chi connectivity index (χ2n) is 3.31. The summed E-state index contributed by atoms with van der Waals surface area (Å²) in [6.07, 6.45) is 2.11. The molecule has 0 unspecified atom stereocenters. The maximum atomic E-state index is 13.3. The third kappa shape index (κ3) is 1.84. The lowest BCUT2D eigenvalue weighted by Gasteiger charge is -2.11. The second kappa shape index (κ2) is 3.64. The van der Waals surface area contributed by atoms with Crippen molar-refractivity contribution < 1.29 is 4.39 Å². The zero-order chi connectivity index (χ0) is 9.26. The van der Waals surface area contributed by atoms with E-state index in [0.29, 0.717) is 10.6 Å². The van der Waals surface area contributed by atoms with Gasteiger partial charge in [-0.2, -0.15) is 0 Å². The number of benzene rings is 1. The van der Waals surface area contributed by atoms with Gasteiger partial charge in [-0.25, -0.2) is 4.39 Å². The molecule has 1 aromatic carbocycles. The quantitative estimate of drug-likeness (QED) is 0.734. The van der Waals surface area contributed by atoms with Gasteiger partial charge in [-0.3, -0.25) is 0 Å². The average Bonchev–Trinajstić information content (AvgIpc) is 2.61. The fraction of sp³-hybridized carbons (Fsp3) is 0.400. The Morgan fingerprint density at radius 2 is 2.31 bits per heavy atom. The fourth-order valence-electron chi connectivity index (χ4n) is 1.73. The molecule has 0 saturated carbocycles. The normalized spacial score (nSPS) is 22.2. The first-order valence-electron chi connectivity index (χ1n) is 4.46. The van der Waals surface area contributed by atoms with Gasteiger partial charge in [-0.1, -0.05) is 11.6 Å². The molecular formula is C10H11ClFN. The molecule has 70 valence electrons. The molecule has 0 amide bonds. The molecule has 1 aliphatic rings. The molecule has 0 aliphatic carbocycles. The third-order valence-corrected chi connectivity index (χ3v) is 2.63. The Balaban J connectivity index is 2.32. The molecule has 13 heavy (non-hydrogen) atoms. The van der Waals surface area contributed by atoms with Crippen LogP contribution in [0.5, 0.6) is 0 Å². The van der Waals surface area contributed by atoms with Gasteiger partial charge in [0.2, 0.25) is 0 Å². The van der Waals surface area contributed by atoms with Gasteiger partial charge < -0.3 is 5.32 Å². The molecule has 1 N–H and O–H groups in total. The van der Waals surface area contributed by atoms with Crippen LogP contribution in [-0.4, -0.2) is 6.54 Å². The first kappa shape index (κ1) is 8.97. The van der Waals surface area contributed by atoms with Gasteiger partial charge in [-0.05, 0) is 37.6 Å². The standard InChI is InChI=1S/C10H11ClFN/c11-7-3-4-9(12)8(6-7)10-2-1-5-13-10/h3-4,6,10,13H,1-2,5H2/t10-/m1/s1. The molecule has 0 bridgehead atoms. The van der Waals surface area contributed by atoms with Crippen molar-refractivity contribution in [3.63, 3.8) is 0 Å². The molecule has 1 atom stereocenters. The highest BCUT2D eigenvalue weighted by molar-refractivity contribution is 6.30. The molecule has 1 nitrogen and oxygen atoms in total. The number of rotatable bonds is 1. The number of nitrogens with one attached hydrogen (secondary N) is 1. The minimum atomic E-state index is -0.163. The number of halogens is 2. The van der Waals surface area contributed by atoms with Crippen LogP contribution in [0.1, 0.15) is 24.4 Å². The van der Waals surface area contributed by atoms with E-state index in [-0.39, 0.29) is 11.9 Å². The summed E-state index contributed by atoms with van der Waals surface area (Å²) in [5.74, 6) is -0.163. The van der Waals surface area contributed by atoms with Gasteiger partial charge in [0.25, 0.3) is 0 Å². The van der Waals surface area contributed by atoms with Crippen LogP contribution in [0.3, 0.4) is 0 Å². The molecule has 0 aromatic heterocycles. The predicted octanol–water partition coefficient (Wildman–Crippen LogP) is 2.90. The van der Waals surface area contributed by atoms with Crippen LogP contribution >= 0.6 is 11.6 Å². The molecule has 1 heterocycles. The van der Waals surface area contributed by atoms with Crippen LogP contribution in [-0.2, 0) is 0 Å². The van der Waals surface area contributed by atoms with Crippen molar-refractivity contribution in [2.75, 3.05) is 6.54 Å². The van der Waals surface area contributed by atoms with Crippen LogP contribution < -0.4 is 5.32 Å². The van der Waals surface area contributed by atoms with E-state index in [2.05, 4.69) is 5.32 Å². The summed E-state index contributed by atoms with van der Waals surface area (Å²) in [7, 11) is 0. The summed E-state index contributed by atoms with van der Waals surface area (Å²) in [6, 6.07) is 4.87. The monoisotopic (exact) mass is 199 g/mol. The Morgan fingerprint density at radius 3 is 3.00 bits per heavy atom. The van der Waals surface area contributed by atoms with Crippen LogP contribution in [0.2, 0.25) is 5.02 Å². The van der Waals surface area contributed by atoms with Gasteiger partial charge in [-0.15, -0.1) is 0 Å². The molecule has 3 heteroatoms. The Bertz CT molecular complexity index is 308. The Labute approximate surface area is 81.9 Å². The van der Waals surface area contributed by atoms with Crippen molar-refractivity contribution in [3.8, 4) is 0 Å². The van der Waals surface area contributed by atoms with Crippen molar-refractivity contribution in [2.45, 2.75) is 18.9 Å². The van der Waals surface area contributed by atoms with E-state index >= 15 is 0 Å². The van der Waals surface area contributed by atoms with E-state index in [4.69, 9.17) is 11.6 Å². The summed E-state index contributed by atoms with van der Waals surface area (Å²) < 4.78 is 13.3. The summed E-state index contributed by atoms with van der Waals surface area (Å²) in [4.78, 5) is 0. The zero-order valence-electron chi connectivity index (χ0n) is 7.19. The topological polar surface area (TPSA) is 12.0 Å². The summed E-state index contributed by atoms with van der Waals surface area (Å²) in [5.41, 5.74) is 0.699. The van der Waals surface area contributed by atoms with E-state index in [9.17, 15) is 4.39 Å². The Kier molecular flexibility index (Phi) is 2.51. The molecule has 2 rings (SSSR count). The van der Waals surface area contributed by atoms with Crippen LogP contribution in [0, 0.1) is 5.82 Å². The predicted molar refractivity (Wildman–Crippen MR) is 51.4 cm³/mol. The zero-order valence-corrected chi connectivity index (χ0v) is 7.94. The van der Waals surface area contributed by atoms with E-state index in [1.807, 2.05) is 0 Å². The molecule has 1 fully saturated rings. The van der Waals surface area contributed by atoms with Gasteiger partial charge in [0, 0.05) is 16.6 Å². The largest absolute Gasteiger partial charge is 0.310 e. The molecule has 1 saturated heterocycles. The average molecular weight is 200 g/mol. The van der Waals surface area contributed by atoms with Crippen molar-refractivity contribution in [1.82, 2.24) is 5.32 Å². The van der Waals surface area contributed by atoms with Crippen LogP contribution in [0.15, 0.2) is 18.2 Å². The highest BCUT2D eigenvalue weighted by Crippen LogP contribution is 2.27. The lowest BCUT2D eigenvalue weighted by Crippen LogP contribution is -2.14. The summed E-state index contributed by atoms with van der Waals surface area (Å²) in [5, 5.41) is 3.84. The van der Waals surface area contributed by atoms with Gasteiger partial charge in [0.15, 0.2) is 0 Å². The van der Waals surface area contributed by atoms with E-state index in [1.54, 1.807) is 12.1 Å². The lowest BCUT2D eigenvalue weighted by molar-refractivity contribution is 0.559. The van der Waals surface area contributed by atoms with Gasteiger partial charge >= 0.3 is 0 Å². The second-order valence-corrected chi connectivity index (χ2v) is 3.75. The summed E-state index contributed by atoms with van der Waals surface area (Å²) >= 11 is 5.80. The van der Waals surface area contributed by atoms with Crippen LogP contribution in [0.4, 0.5) is 4.39 Å². The fourth-order valence-corrected chi connectivity index (χ4v) is 1.91. The van der Waals surface area contributed by atoms with Crippen molar-refractivity contribution in [1.29, 1.82) is 0 Å². The first-order valence-corrected chi connectivity index (χ1v) is 4.83. The van der Waals surface area contributed by atoms with E-state index < -0.39 is 0 Å². The summed E-state index contributed by atoms with van der Waals surface area (Å²) in [6.45, 7) is 0.969. The minimum Gasteiger partial charge on any atom is -0.310 e. The van der Waals surface area contributed by atoms with E-state index in [1.165, 1.54) is 6.07 Å². The maximum absolute atomic E-state index is 13.3. The van der Waals surface area contributed by atoms with Gasteiger partial charge in [0.1, 0.15) is 5.82 Å². The highest BCUT2D eigenvalue weighted by atomic mass is 35.5. The van der Waals surface area contributed by atoms with Crippen molar-refractivity contribution in [2.24, 2.45) is 0 Å². The van der Waals surface area contributed by atoms with Crippen LogP contribution in [0.25, 0.3) is 0 Å². The van der Waals surface area contributed by atoms with E-state index in [0.717, 1.165) is 19.4 Å². The Morgan fingerprint density at radius 1 is 1.46 bits per heavy atom. The maximum Gasteiger partial charge on any atom is 0.128 e. The van der Waals surface area contributed by atoms with Gasteiger partial charge in [0.05, 0.1) is 0 Å². The SMILES string of the molecule is Fc1ccc(Cl)cc1[C@H]1CCCN1. The molecule has 0 spiro atoms. The smallest absolute Gasteiger partial charge is 0.128 e. The van der Waals surface area contributed by atoms with Crippen molar-refractivity contribution in [3.05, 3.63) is 34.6 Å². The Hall–Kier alpha value is -0.600. The third-order valence-electron chi connectivity index (χ3n) is 2.39. The number of hydrogen-bond acceptors (Lipinski definition) is 1. The highest BCUT2D eigenvalue weighted by Gasteiger charge is 2.19. The van der Waals surface area contributed by atoms with Crippen molar-refractivity contribution >= 4 is 11.6 Å². The lowest BCUT2D eigenvalue weighted by atomic mass is 10.1. The molecule has 0 radical (unpaired) electrons. The molecule has 1 aliphatic heterocycles.